The van der Waals surface area contributed by atoms with Gasteiger partial charge in [0, 0.05) is 11.8 Å². The standard InChI is InChI=1S/C13H15NO5/c1-16-10-4-3-9(7-11(10)17-2)14-13(15)12-8-18-5-6-19-12/h3-4,7-8H,5-6H2,1-2H3,(H,14,15). The number of carbonyl (C=O) groups is 1. The quantitative estimate of drug-likeness (QED) is 0.894. The van der Waals surface area contributed by atoms with E-state index in [1.54, 1.807) is 25.3 Å². The van der Waals surface area contributed by atoms with Crippen LogP contribution in [-0.4, -0.2) is 33.3 Å². The van der Waals surface area contributed by atoms with Crippen LogP contribution in [0.1, 0.15) is 0 Å². The number of ether oxygens (including phenoxy) is 4. The second-order valence-electron chi connectivity index (χ2n) is 3.73. The van der Waals surface area contributed by atoms with Crippen LogP contribution in [0.25, 0.3) is 0 Å². The number of nitrogens with one attached hydrogen (secondary N) is 1. The zero-order chi connectivity index (χ0) is 13.7. The summed E-state index contributed by atoms with van der Waals surface area (Å²) < 4.78 is 20.5. The molecule has 1 aromatic rings. The van der Waals surface area contributed by atoms with E-state index in [1.807, 2.05) is 0 Å². The minimum Gasteiger partial charge on any atom is -0.494 e. The first-order valence-corrected chi connectivity index (χ1v) is 5.72. The highest BCUT2D eigenvalue weighted by molar-refractivity contribution is 6.02. The van der Waals surface area contributed by atoms with Gasteiger partial charge >= 0.3 is 0 Å². The molecule has 0 saturated heterocycles. The lowest BCUT2D eigenvalue weighted by Gasteiger charge is -2.15. The summed E-state index contributed by atoms with van der Waals surface area (Å²) in [5, 5.41) is 2.69. The number of rotatable bonds is 4. The van der Waals surface area contributed by atoms with Gasteiger partial charge in [0.1, 0.15) is 19.5 Å². The maximum absolute atomic E-state index is 11.9. The highest BCUT2D eigenvalue weighted by Crippen LogP contribution is 2.29. The molecule has 19 heavy (non-hydrogen) atoms. The Bertz CT molecular complexity index is 498. The molecule has 0 bridgehead atoms. The molecule has 0 saturated carbocycles. The van der Waals surface area contributed by atoms with Crippen LogP contribution < -0.4 is 14.8 Å². The van der Waals surface area contributed by atoms with Crippen LogP contribution in [0.4, 0.5) is 5.69 Å². The fourth-order valence-electron chi connectivity index (χ4n) is 1.59. The first kappa shape index (κ1) is 13.1. The molecule has 1 aliphatic rings. The molecule has 0 aliphatic carbocycles. The Labute approximate surface area is 110 Å². The molecule has 1 amide bonds. The molecule has 0 radical (unpaired) electrons. The summed E-state index contributed by atoms with van der Waals surface area (Å²) in [5.74, 6) is 0.917. The van der Waals surface area contributed by atoms with E-state index in [4.69, 9.17) is 18.9 Å². The normalized spacial score (nSPS) is 13.7. The summed E-state index contributed by atoms with van der Waals surface area (Å²) in [6.45, 7) is 0.818. The summed E-state index contributed by atoms with van der Waals surface area (Å²) in [7, 11) is 3.08. The van der Waals surface area contributed by atoms with Crippen LogP contribution in [0.2, 0.25) is 0 Å². The number of methoxy groups -OCH3 is 2. The van der Waals surface area contributed by atoms with E-state index in [2.05, 4.69) is 5.32 Å². The van der Waals surface area contributed by atoms with Crippen molar-refractivity contribution in [2.45, 2.75) is 0 Å². The molecule has 0 aromatic heterocycles. The van der Waals surface area contributed by atoms with Gasteiger partial charge in [-0.05, 0) is 12.1 Å². The Morgan fingerprint density at radius 3 is 2.63 bits per heavy atom. The molecule has 0 atom stereocenters. The Hall–Kier alpha value is -2.37. The molecule has 6 heteroatoms. The van der Waals surface area contributed by atoms with Gasteiger partial charge in [-0.25, -0.2) is 0 Å². The third-order valence-corrected chi connectivity index (χ3v) is 2.51. The summed E-state index contributed by atoms with van der Waals surface area (Å²) in [6, 6.07) is 5.09. The second kappa shape index (κ2) is 5.99. The Balaban J connectivity index is 2.10. The summed E-state index contributed by atoms with van der Waals surface area (Å²) >= 11 is 0. The molecule has 1 heterocycles. The molecule has 2 rings (SSSR count). The third-order valence-electron chi connectivity index (χ3n) is 2.51. The number of anilines is 1. The lowest BCUT2D eigenvalue weighted by atomic mass is 10.2. The Kier molecular flexibility index (Phi) is 4.12. The lowest BCUT2D eigenvalue weighted by molar-refractivity contribution is -0.117. The van der Waals surface area contributed by atoms with Gasteiger partial charge in [-0.3, -0.25) is 4.79 Å². The monoisotopic (exact) mass is 265 g/mol. The van der Waals surface area contributed by atoms with Gasteiger partial charge in [-0.15, -0.1) is 0 Å². The van der Waals surface area contributed by atoms with Gasteiger partial charge in [0.15, 0.2) is 11.5 Å². The zero-order valence-electron chi connectivity index (χ0n) is 10.8. The van der Waals surface area contributed by atoms with Crippen molar-refractivity contribution in [2.75, 3.05) is 32.8 Å². The topological polar surface area (TPSA) is 66.0 Å². The van der Waals surface area contributed by atoms with Crippen LogP contribution in [0.5, 0.6) is 11.5 Å². The van der Waals surface area contributed by atoms with Gasteiger partial charge in [-0.1, -0.05) is 0 Å². The van der Waals surface area contributed by atoms with Crippen LogP contribution in [0, 0.1) is 0 Å². The van der Waals surface area contributed by atoms with Gasteiger partial charge in [0.25, 0.3) is 5.91 Å². The molecular weight excluding hydrogens is 250 g/mol. The molecule has 102 valence electrons. The minimum absolute atomic E-state index is 0.154. The van der Waals surface area contributed by atoms with E-state index in [1.165, 1.54) is 13.4 Å². The lowest BCUT2D eigenvalue weighted by Crippen LogP contribution is -2.21. The van der Waals surface area contributed by atoms with Gasteiger partial charge in [-0.2, -0.15) is 0 Å². The maximum atomic E-state index is 11.9. The summed E-state index contributed by atoms with van der Waals surface area (Å²) in [6.07, 6.45) is 1.31. The fraction of sp³-hybridized carbons (Fsp3) is 0.308. The van der Waals surface area contributed by atoms with Crippen molar-refractivity contribution in [3.63, 3.8) is 0 Å². The predicted octanol–water partition coefficient (Wildman–Crippen LogP) is 1.53. The number of benzene rings is 1. The number of hydrogen-bond acceptors (Lipinski definition) is 5. The molecular formula is C13H15NO5. The summed E-state index contributed by atoms with van der Waals surface area (Å²) in [5.41, 5.74) is 0.581. The SMILES string of the molecule is COc1ccc(NC(=O)C2=COCCO2)cc1OC. The van der Waals surface area contributed by atoms with Crippen LogP contribution in [-0.2, 0) is 14.3 Å². The average molecular weight is 265 g/mol. The Morgan fingerprint density at radius 1 is 1.21 bits per heavy atom. The molecule has 1 aromatic carbocycles. The Morgan fingerprint density at radius 2 is 2.00 bits per heavy atom. The first-order chi connectivity index (χ1) is 9.24. The molecule has 6 nitrogen and oxygen atoms in total. The third kappa shape index (κ3) is 3.09. The molecule has 0 fully saturated rings. The van der Waals surface area contributed by atoms with E-state index >= 15 is 0 Å². The van der Waals surface area contributed by atoms with Crippen LogP contribution in [0.15, 0.2) is 30.2 Å². The van der Waals surface area contributed by atoms with E-state index in [-0.39, 0.29) is 11.7 Å². The van der Waals surface area contributed by atoms with E-state index < -0.39 is 0 Å². The van der Waals surface area contributed by atoms with Crippen molar-refractivity contribution in [1.82, 2.24) is 0 Å². The minimum atomic E-state index is -0.369. The second-order valence-corrected chi connectivity index (χ2v) is 3.73. The number of amides is 1. The van der Waals surface area contributed by atoms with Crippen molar-refractivity contribution in [3.05, 3.63) is 30.2 Å². The van der Waals surface area contributed by atoms with Crippen LogP contribution in [0.3, 0.4) is 0 Å². The van der Waals surface area contributed by atoms with Crippen molar-refractivity contribution < 1.29 is 23.7 Å². The van der Waals surface area contributed by atoms with E-state index in [9.17, 15) is 4.79 Å². The first-order valence-electron chi connectivity index (χ1n) is 5.72. The van der Waals surface area contributed by atoms with Crippen molar-refractivity contribution in [3.8, 4) is 11.5 Å². The molecule has 0 spiro atoms. The highest BCUT2D eigenvalue weighted by Gasteiger charge is 2.15. The summed E-state index contributed by atoms with van der Waals surface area (Å²) in [4.78, 5) is 11.9. The smallest absolute Gasteiger partial charge is 0.294 e. The highest BCUT2D eigenvalue weighted by atomic mass is 16.6. The van der Waals surface area contributed by atoms with Gasteiger partial charge < -0.3 is 24.3 Å². The number of carbonyl (C=O) groups excluding carboxylic acids is 1. The van der Waals surface area contributed by atoms with Crippen molar-refractivity contribution >= 4 is 11.6 Å². The van der Waals surface area contributed by atoms with Gasteiger partial charge in [0.2, 0.25) is 5.76 Å². The van der Waals surface area contributed by atoms with E-state index in [0.29, 0.717) is 30.4 Å². The van der Waals surface area contributed by atoms with Crippen LogP contribution >= 0.6 is 0 Å². The van der Waals surface area contributed by atoms with Crippen molar-refractivity contribution in [2.24, 2.45) is 0 Å². The van der Waals surface area contributed by atoms with Gasteiger partial charge in [0.05, 0.1) is 14.2 Å². The molecule has 0 unspecified atom stereocenters. The van der Waals surface area contributed by atoms with E-state index in [0.717, 1.165) is 0 Å². The maximum Gasteiger partial charge on any atom is 0.294 e. The predicted molar refractivity (Wildman–Crippen MR) is 68.2 cm³/mol. The van der Waals surface area contributed by atoms with Crippen molar-refractivity contribution in [1.29, 1.82) is 0 Å². The fourth-order valence-corrected chi connectivity index (χ4v) is 1.59. The zero-order valence-corrected chi connectivity index (χ0v) is 10.8. The largest absolute Gasteiger partial charge is 0.494 e. The number of hydrogen-bond donors (Lipinski definition) is 1. The molecule has 1 N–H and O–H groups in total. The molecule has 1 aliphatic heterocycles. The average Bonchev–Trinajstić information content (AvgIpc) is 2.48.